The highest BCUT2D eigenvalue weighted by atomic mass is 35.5. The van der Waals surface area contributed by atoms with Crippen molar-refractivity contribution < 1.29 is 4.74 Å². The normalized spacial score (nSPS) is 21.4. The van der Waals surface area contributed by atoms with Crippen molar-refractivity contribution in [2.75, 3.05) is 11.9 Å². The van der Waals surface area contributed by atoms with Crippen molar-refractivity contribution in [1.82, 2.24) is 0 Å². The minimum absolute atomic E-state index is 0.0102. The van der Waals surface area contributed by atoms with Crippen LogP contribution in [-0.4, -0.2) is 18.8 Å². The summed E-state index contributed by atoms with van der Waals surface area (Å²) >= 11 is 5.88. The zero-order valence-corrected chi connectivity index (χ0v) is 9.57. The number of halogens is 1. The maximum absolute atomic E-state index is 9.09. The van der Waals surface area contributed by atoms with Gasteiger partial charge >= 0.3 is 0 Å². The molecule has 1 fully saturated rings. The monoisotopic (exact) mass is 236 g/mol. The van der Waals surface area contributed by atoms with Crippen LogP contribution in [0.3, 0.4) is 0 Å². The van der Waals surface area contributed by atoms with E-state index in [2.05, 4.69) is 11.4 Å². The number of anilines is 1. The molecule has 16 heavy (non-hydrogen) atoms. The molecule has 4 heteroatoms. The molecule has 1 aromatic rings. The van der Waals surface area contributed by atoms with E-state index < -0.39 is 0 Å². The Labute approximate surface area is 100.0 Å². The molecule has 1 aliphatic heterocycles. The largest absolute Gasteiger partial charge is 0.375 e. The minimum Gasteiger partial charge on any atom is -0.375 e. The van der Waals surface area contributed by atoms with Gasteiger partial charge in [-0.25, -0.2) is 0 Å². The Morgan fingerprint density at radius 2 is 2.44 bits per heavy atom. The van der Waals surface area contributed by atoms with E-state index in [1.807, 2.05) is 12.1 Å². The molecular formula is C12H13ClN2O. The molecule has 0 aliphatic carbocycles. The fourth-order valence-corrected chi connectivity index (χ4v) is 2.02. The van der Waals surface area contributed by atoms with Crippen LogP contribution in [-0.2, 0) is 4.74 Å². The quantitative estimate of drug-likeness (QED) is 0.878. The molecule has 2 rings (SSSR count). The molecule has 0 spiro atoms. The average molecular weight is 237 g/mol. The van der Waals surface area contributed by atoms with Crippen LogP contribution >= 0.6 is 11.6 Å². The van der Waals surface area contributed by atoms with Crippen LogP contribution in [0.4, 0.5) is 5.69 Å². The standard InChI is InChI=1S/C12H13ClN2O/c13-9-3-1-4-10(7-9)15-11(8-14)12-5-2-6-16-12/h1,3-4,7,11-12,15H,2,5-6H2. The Kier molecular flexibility index (Phi) is 3.66. The number of benzene rings is 1. The fourth-order valence-electron chi connectivity index (χ4n) is 1.83. The van der Waals surface area contributed by atoms with Gasteiger partial charge in [0.25, 0.3) is 0 Å². The van der Waals surface area contributed by atoms with Gasteiger partial charge in [0.05, 0.1) is 12.2 Å². The van der Waals surface area contributed by atoms with Gasteiger partial charge in [-0.3, -0.25) is 0 Å². The number of hydrogen-bond acceptors (Lipinski definition) is 3. The third kappa shape index (κ3) is 2.66. The third-order valence-electron chi connectivity index (χ3n) is 2.62. The van der Waals surface area contributed by atoms with Gasteiger partial charge in [0.1, 0.15) is 6.04 Å². The molecule has 1 heterocycles. The molecule has 1 saturated heterocycles. The Morgan fingerprint density at radius 1 is 1.56 bits per heavy atom. The molecule has 84 valence electrons. The van der Waals surface area contributed by atoms with Crippen molar-refractivity contribution in [3.63, 3.8) is 0 Å². The molecule has 1 aliphatic rings. The van der Waals surface area contributed by atoms with E-state index in [-0.39, 0.29) is 12.1 Å². The van der Waals surface area contributed by atoms with E-state index in [1.54, 1.807) is 12.1 Å². The van der Waals surface area contributed by atoms with Gasteiger partial charge in [-0.15, -0.1) is 0 Å². The van der Waals surface area contributed by atoms with Gasteiger partial charge in [0.2, 0.25) is 0 Å². The molecular weight excluding hydrogens is 224 g/mol. The van der Waals surface area contributed by atoms with E-state index in [0.29, 0.717) is 5.02 Å². The highest BCUT2D eigenvalue weighted by Gasteiger charge is 2.25. The van der Waals surface area contributed by atoms with Gasteiger partial charge in [0.15, 0.2) is 0 Å². The summed E-state index contributed by atoms with van der Waals surface area (Å²) in [6, 6.07) is 9.29. The molecule has 0 radical (unpaired) electrons. The topological polar surface area (TPSA) is 45.0 Å². The first-order valence-corrected chi connectivity index (χ1v) is 5.71. The van der Waals surface area contributed by atoms with Gasteiger partial charge in [-0.1, -0.05) is 17.7 Å². The molecule has 2 atom stereocenters. The highest BCUT2D eigenvalue weighted by Crippen LogP contribution is 2.20. The van der Waals surface area contributed by atoms with Crippen LogP contribution in [0.5, 0.6) is 0 Å². The molecule has 3 nitrogen and oxygen atoms in total. The minimum atomic E-state index is -0.305. The molecule has 0 bridgehead atoms. The molecule has 1 N–H and O–H groups in total. The van der Waals surface area contributed by atoms with Gasteiger partial charge < -0.3 is 10.1 Å². The predicted octanol–water partition coefficient (Wildman–Crippen LogP) is 2.82. The van der Waals surface area contributed by atoms with Crippen LogP contribution in [0, 0.1) is 11.3 Å². The number of nitrogens with zero attached hydrogens (tertiary/aromatic N) is 1. The summed E-state index contributed by atoms with van der Waals surface area (Å²) < 4.78 is 5.49. The lowest BCUT2D eigenvalue weighted by Crippen LogP contribution is -2.31. The van der Waals surface area contributed by atoms with E-state index >= 15 is 0 Å². The van der Waals surface area contributed by atoms with Crippen LogP contribution in [0.1, 0.15) is 12.8 Å². The Balaban J connectivity index is 2.04. The summed E-state index contributed by atoms with van der Waals surface area (Å²) in [6.45, 7) is 0.750. The summed E-state index contributed by atoms with van der Waals surface area (Å²) in [5.74, 6) is 0. The molecule has 1 aromatic carbocycles. The summed E-state index contributed by atoms with van der Waals surface area (Å²) in [4.78, 5) is 0. The number of nitrogens with one attached hydrogen (secondary N) is 1. The molecule has 0 amide bonds. The fraction of sp³-hybridized carbons (Fsp3) is 0.417. The SMILES string of the molecule is N#CC(Nc1cccc(Cl)c1)C1CCCO1. The van der Waals surface area contributed by atoms with Crippen LogP contribution in [0.2, 0.25) is 5.02 Å². The smallest absolute Gasteiger partial charge is 0.141 e. The van der Waals surface area contributed by atoms with E-state index in [4.69, 9.17) is 21.6 Å². The average Bonchev–Trinajstić information content (AvgIpc) is 2.79. The van der Waals surface area contributed by atoms with Gasteiger partial charge in [-0.2, -0.15) is 5.26 Å². The zero-order chi connectivity index (χ0) is 11.4. The predicted molar refractivity (Wildman–Crippen MR) is 63.4 cm³/mol. The Bertz CT molecular complexity index is 396. The number of hydrogen-bond donors (Lipinski definition) is 1. The summed E-state index contributed by atoms with van der Waals surface area (Å²) in [5, 5.41) is 12.9. The van der Waals surface area contributed by atoms with Crippen molar-refractivity contribution in [2.45, 2.75) is 25.0 Å². The van der Waals surface area contributed by atoms with Crippen molar-refractivity contribution in [1.29, 1.82) is 5.26 Å². The van der Waals surface area contributed by atoms with Crippen LogP contribution < -0.4 is 5.32 Å². The molecule has 2 unspecified atom stereocenters. The second kappa shape index (κ2) is 5.20. The first-order valence-electron chi connectivity index (χ1n) is 5.33. The molecule has 0 aromatic heterocycles. The van der Waals surface area contributed by atoms with Crippen LogP contribution in [0.25, 0.3) is 0 Å². The Morgan fingerprint density at radius 3 is 3.06 bits per heavy atom. The number of nitriles is 1. The lowest BCUT2D eigenvalue weighted by Gasteiger charge is -2.18. The first-order chi connectivity index (χ1) is 7.79. The van der Waals surface area contributed by atoms with Crippen LogP contribution in [0.15, 0.2) is 24.3 Å². The van der Waals surface area contributed by atoms with Gasteiger partial charge in [0, 0.05) is 17.3 Å². The van der Waals surface area contributed by atoms with E-state index in [1.165, 1.54) is 0 Å². The van der Waals surface area contributed by atoms with Crippen molar-refractivity contribution in [3.05, 3.63) is 29.3 Å². The highest BCUT2D eigenvalue weighted by molar-refractivity contribution is 6.30. The van der Waals surface area contributed by atoms with Crippen molar-refractivity contribution >= 4 is 17.3 Å². The maximum atomic E-state index is 9.09. The third-order valence-corrected chi connectivity index (χ3v) is 2.86. The van der Waals surface area contributed by atoms with E-state index in [9.17, 15) is 0 Å². The maximum Gasteiger partial charge on any atom is 0.141 e. The first kappa shape index (κ1) is 11.3. The second-order valence-electron chi connectivity index (χ2n) is 3.81. The number of rotatable bonds is 3. The lowest BCUT2D eigenvalue weighted by molar-refractivity contribution is 0.107. The molecule has 0 saturated carbocycles. The Hall–Kier alpha value is -1.24. The van der Waals surface area contributed by atoms with Crippen molar-refractivity contribution in [2.24, 2.45) is 0 Å². The summed E-state index contributed by atoms with van der Waals surface area (Å²) in [5.41, 5.74) is 0.856. The van der Waals surface area contributed by atoms with E-state index in [0.717, 1.165) is 25.1 Å². The van der Waals surface area contributed by atoms with Crippen molar-refractivity contribution in [3.8, 4) is 6.07 Å². The lowest BCUT2D eigenvalue weighted by atomic mass is 10.1. The zero-order valence-electron chi connectivity index (χ0n) is 8.82. The van der Waals surface area contributed by atoms with Gasteiger partial charge in [-0.05, 0) is 31.0 Å². The second-order valence-corrected chi connectivity index (χ2v) is 4.25. The summed E-state index contributed by atoms with van der Waals surface area (Å²) in [6.07, 6.45) is 1.95. The summed E-state index contributed by atoms with van der Waals surface area (Å²) in [7, 11) is 0. The number of ether oxygens (including phenoxy) is 1.